The molecule has 2 fully saturated rings. The molecule has 4 heterocycles. The third-order valence-electron chi connectivity index (χ3n) is 8.08. The Morgan fingerprint density at radius 1 is 1.16 bits per heavy atom. The first-order chi connectivity index (χ1) is 18.4. The maximum absolute atomic E-state index is 13.4. The van der Waals surface area contributed by atoms with Gasteiger partial charge in [0.1, 0.15) is 29.0 Å². The van der Waals surface area contributed by atoms with Gasteiger partial charge in [0.05, 0.1) is 22.2 Å². The smallest absolute Gasteiger partial charge is 0.275 e. The summed E-state index contributed by atoms with van der Waals surface area (Å²) in [7, 11) is 2.23. The van der Waals surface area contributed by atoms with Gasteiger partial charge in [0.25, 0.3) is 5.56 Å². The molecule has 1 aromatic carbocycles. The van der Waals surface area contributed by atoms with Gasteiger partial charge < -0.3 is 19.8 Å². The van der Waals surface area contributed by atoms with Crippen molar-refractivity contribution >= 4 is 21.6 Å². The first-order valence-corrected chi connectivity index (χ1v) is 14.6. The summed E-state index contributed by atoms with van der Waals surface area (Å²) in [5.74, 6) is 6.61. The standard InChI is InChI=1S/C30H37N3O4S/c1-4-23(34)10-6-19-14-22(9-13-28(19)37-25-15-20-7-8-21(16-25)32(20)3)33-18-31-27-17-26(12-11-24(35)5-2)38-29(27)30(33)36/h9,13-14,17-18,20-21,23-25,34-35H,4-8,10,15-16H2,1-3H3/t20-,21+,23?,24?,25+. The Kier molecular flexibility index (Phi) is 8.20. The molecule has 0 aliphatic carbocycles. The molecule has 3 aromatic rings. The Bertz CT molecular complexity index is 1390. The Labute approximate surface area is 228 Å². The fraction of sp³-hybridized carbons (Fsp3) is 0.533. The molecule has 7 nitrogen and oxygen atoms in total. The molecule has 2 N–H and O–H groups in total. The average molecular weight is 536 g/mol. The van der Waals surface area contributed by atoms with Gasteiger partial charge in [0, 0.05) is 12.1 Å². The lowest BCUT2D eigenvalue weighted by molar-refractivity contribution is 0.0654. The van der Waals surface area contributed by atoms with Crippen LogP contribution < -0.4 is 10.3 Å². The molecule has 8 heteroatoms. The van der Waals surface area contributed by atoms with Crippen LogP contribution in [0, 0.1) is 11.8 Å². The molecule has 2 unspecified atom stereocenters. The number of aliphatic hydroxyl groups is 2. The van der Waals surface area contributed by atoms with E-state index in [0.29, 0.717) is 52.9 Å². The van der Waals surface area contributed by atoms with Crippen molar-refractivity contribution in [1.82, 2.24) is 14.5 Å². The highest BCUT2D eigenvalue weighted by Gasteiger charge is 2.39. The SMILES string of the molecule is CCC(O)C#Cc1cc2ncn(-c3ccc(O[C@H]4C[C@H]5CC[C@@H](C4)N5C)c(CCC(O)CC)c3)c(=O)c2s1. The molecule has 2 bridgehead atoms. The zero-order chi connectivity index (χ0) is 26.8. The maximum atomic E-state index is 13.4. The normalized spacial score (nSPS) is 22.7. The van der Waals surface area contributed by atoms with E-state index in [9.17, 15) is 15.0 Å². The zero-order valence-corrected chi connectivity index (χ0v) is 23.2. The topological polar surface area (TPSA) is 87.8 Å². The summed E-state index contributed by atoms with van der Waals surface area (Å²) in [4.78, 5) is 21.2. The molecule has 38 heavy (non-hydrogen) atoms. The van der Waals surface area contributed by atoms with Crippen LogP contribution in [0.25, 0.3) is 15.9 Å². The number of ether oxygens (including phenoxy) is 1. The molecule has 0 saturated carbocycles. The summed E-state index contributed by atoms with van der Waals surface area (Å²) < 4.78 is 8.69. The highest BCUT2D eigenvalue weighted by molar-refractivity contribution is 7.19. The molecular formula is C30H37N3O4S. The lowest BCUT2D eigenvalue weighted by atomic mass is 9.99. The van der Waals surface area contributed by atoms with Gasteiger partial charge in [0.15, 0.2) is 0 Å². The molecule has 2 saturated heterocycles. The van der Waals surface area contributed by atoms with Crippen molar-refractivity contribution in [3.05, 3.63) is 51.4 Å². The Hall–Kier alpha value is -2.70. The van der Waals surface area contributed by atoms with Crippen molar-refractivity contribution in [2.75, 3.05) is 7.05 Å². The van der Waals surface area contributed by atoms with Gasteiger partial charge in [-0.05, 0) is 88.2 Å². The Balaban J connectivity index is 1.44. The number of hydrogen-bond donors (Lipinski definition) is 2. The van der Waals surface area contributed by atoms with E-state index >= 15 is 0 Å². The number of aliphatic hydroxyl groups excluding tert-OH is 2. The number of nitrogens with zero attached hydrogens (tertiary/aromatic N) is 3. The van der Waals surface area contributed by atoms with Crippen LogP contribution >= 0.6 is 11.3 Å². The van der Waals surface area contributed by atoms with E-state index in [4.69, 9.17) is 4.74 Å². The number of benzene rings is 1. The molecule has 2 aliphatic heterocycles. The van der Waals surface area contributed by atoms with Crippen LogP contribution in [0.3, 0.4) is 0 Å². The second-order valence-corrected chi connectivity index (χ2v) is 11.6. The summed E-state index contributed by atoms with van der Waals surface area (Å²) >= 11 is 1.30. The second-order valence-electron chi connectivity index (χ2n) is 10.6. The third kappa shape index (κ3) is 5.67. The number of fused-ring (bicyclic) bond motifs is 3. The van der Waals surface area contributed by atoms with E-state index in [1.54, 1.807) is 17.0 Å². The Morgan fingerprint density at radius 3 is 2.63 bits per heavy atom. The highest BCUT2D eigenvalue weighted by Crippen LogP contribution is 2.37. The number of thiophene rings is 1. The van der Waals surface area contributed by atoms with Crippen LogP contribution in [0.15, 0.2) is 35.4 Å². The number of piperidine rings is 1. The van der Waals surface area contributed by atoms with Crippen LogP contribution in [0.4, 0.5) is 0 Å². The molecule has 0 spiro atoms. The first-order valence-electron chi connectivity index (χ1n) is 13.8. The molecule has 5 atom stereocenters. The summed E-state index contributed by atoms with van der Waals surface area (Å²) in [6.07, 6.45) is 7.79. The van der Waals surface area contributed by atoms with Gasteiger partial charge in [-0.1, -0.05) is 25.7 Å². The van der Waals surface area contributed by atoms with Crippen LogP contribution in [0.5, 0.6) is 5.75 Å². The van der Waals surface area contributed by atoms with Crippen LogP contribution in [0.2, 0.25) is 0 Å². The largest absolute Gasteiger partial charge is 0.490 e. The molecule has 5 rings (SSSR count). The number of rotatable bonds is 8. The molecular weight excluding hydrogens is 498 g/mol. The van der Waals surface area contributed by atoms with Gasteiger partial charge in [-0.2, -0.15) is 0 Å². The van der Waals surface area contributed by atoms with Crippen molar-refractivity contribution in [3.8, 4) is 23.3 Å². The summed E-state index contributed by atoms with van der Waals surface area (Å²) in [6, 6.07) is 8.86. The zero-order valence-electron chi connectivity index (χ0n) is 22.4. The highest BCUT2D eigenvalue weighted by atomic mass is 32.1. The van der Waals surface area contributed by atoms with Crippen molar-refractivity contribution in [3.63, 3.8) is 0 Å². The number of hydrogen-bond acceptors (Lipinski definition) is 7. The van der Waals surface area contributed by atoms with Gasteiger partial charge in [-0.3, -0.25) is 9.36 Å². The van der Waals surface area contributed by atoms with E-state index in [2.05, 4.69) is 28.8 Å². The molecule has 202 valence electrons. The lowest BCUT2D eigenvalue weighted by Crippen LogP contribution is -2.43. The fourth-order valence-electron chi connectivity index (χ4n) is 5.60. The van der Waals surface area contributed by atoms with Crippen LogP contribution in [-0.4, -0.2) is 62.1 Å². The average Bonchev–Trinajstić information content (AvgIpc) is 3.42. The van der Waals surface area contributed by atoms with Gasteiger partial charge >= 0.3 is 0 Å². The molecule has 2 aliphatic rings. The molecule has 0 radical (unpaired) electrons. The van der Waals surface area contributed by atoms with Gasteiger partial charge in [-0.15, -0.1) is 11.3 Å². The number of aromatic nitrogens is 2. The summed E-state index contributed by atoms with van der Waals surface area (Å²) in [5, 5.41) is 20.0. The minimum atomic E-state index is -0.681. The minimum Gasteiger partial charge on any atom is -0.490 e. The van der Waals surface area contributed by atoms with E-state index in [0.717, 1.165) is 29.8 Å². The van der Waals surface area contributed by atoms with Gasteiger partial charge in [-0.25, -0.2) is 4.98 Å². The first kappa shape index (κ1) is 26.9. The second kappa shape index (κ2) is 11.6. The van der Waals surface area contributed by atoms with Crippen molar-refractivity contribution in [1.29, 1.82) is 0 Å². The number of aryl methyl sites for hydroxylation is 1. The van der Waals surface area contributed by atoms with Crippen molar-refractivity contribution in [2.45, 2.75) is 95.6 Å². The molecule has 0 amide bonds. The summed E-state index contributed by atoms with van der Waals surface area (Å²) in [6.45, 7) is 3.85. The predicted octanol–water partition coefficient (Wildman–Crippen LogP) is 4.28. The minimum absolute atomic E-state index is 0.149. The quantitative estimate of drug-likeness (QED) is 0.419. The van der Waals surface area contributed by atoms with Crippen molar-refractivity contribution in [2.24, 2.45) is 0 Å². The van der Waals surface area contributed by atoms with E-state index in [1.807, 2.05) is 32.0 Å². The van der Waals surface area contributed by atoms with E-state index in [-0.39, 0.29) is 17.8 Å². The maximum Gasteiger partial charge on any atom is 0.275 e. The fourth-order valence-corrected chi connectivity index (χ4v) is 6.51. The van der Waals surface area contributed by atoms with Gasteiger partial charge in [0.2, 0.25) is 0 Å². The summed E-state index contributed by atoms with van der Waals surface area (Å²) in [5.41, 5.74) is 2.18. The van der Waals surface area contributed by atoms with Crippen LogP contribution in [-0.2, 0) is 6.42 Å². The van der Waals surface area contributed by atoms with Crippen molar-refractivity contribution < 1.29 is 14.9 Å². The predicted molar refractivity (Wildman–Crippen MR) is 151 cm³/mol. The van der Waals surface area contributed by atoms with E-state index in [1.165, 1.54) is 24.2 Å². The van der Waals surface area contributed by atoms with E-state index < -0.39 is 6.10 Å². The Morgan fingerprint density at radius 2 is 1.92 bits per heavy atom. The monoisotopic (exact) mass is 535 g/mol. The molecule has 2 aromatic heterocycles. The van der Waals surface area contributed by atoms with Crippen LogP contribution in [0.1, 0.15) is 69.2 Å². The lowest BCUT2D eigenvalue weighted by Gasteiger charge is -2.36. The third-order valence-corrected chi connectivity index (χ3v) is 9.10.